The van der Waals surface area contributed by atoms with Gasteiger partial charge in [0.1, 0.15) is 5.84 Å². The summed E-state index contributed by atoms with van der Waals surface area (Å²) in [6, 6.07) is 0. The number of aromatic nitrogens is 3. The van der Waals surface area contributed by atoms with Gasteiger partial charge in [-0.25, -0.2) is 0 Å². The highest BCUT2D eigenvalue weighted by molar-refractivity contribution is 5.96. The molecule has 1 heterocycles. The van der Waals surface area contributed by atoms with Crippen LogP contribution in [0.5, 0.6) is 0 Å². The maximum atomic E-state index is 6.87. The number of amidine groups is 1. The number of hydrogen-bond acceptors (Lipinski definition) is 4. The second kappa shape index (κ2) is 1.73. The van der Waals surface area contributed by atoms with E-state index in [2.05, 4.69) is 15.4 Å². The summed E-state index contributed by atoms with van der Waals surface area (Å²) in [6.07, 6.45) is 0. The lowest BCUT2D eigenvalue weighted by molar-refractivity contribution is 0.938. The Morgan fingerprint density at radius 1 is 1.56 bits per heavy atom. The van der Waals surface area contributed by atoms with Crippen LogP contribution in [0.4, 0.5) is 5.82 Å². The Morgan fingerprint density at radius 2 is 2.22 bits per heavy atom. The molecular weight excluding hydrogens is 120 g/mol. The van der Waals surface area contributed by atoms with Gasteiger partial charge in [-0.15, -0.1) is 5.10 Å². The highest BCUT2D eigenvalue weighted by atomic mass is 15.4. The molecule has 1 aromatic heterocycles. The molecule has 6 nitrogen and oxygen atoms in total. The fourth-order valence-corrected chi connectivity index (χ4v) is 0.437. The maximum absolute atomic E-state index is 6.87. The zero-order valence-electron chi connectivity index (χ0n) is 4.55. The minimum absolute atomic E-state index is 0.155. The lowest BCUT2D eigenvalue weighted by atomic mass is 10.4. The first-order chi connectivity index (χ1) is 4.22. The Kier molecular flexibility index (Phi) is 1.07. The van der Waals surface area contributed by atoms with Crippen molar-refractivity contribution in [1.82, 2.24) is 15.4 Å². The van der Waals surface area contributed by atoms with Gasteiger partial charge in [-0.3, -0.25) is 5.41 Å². The van der Waals surface area contributed by atoms with Crippen LogP contribution in [0, 0.1) is 5.41 Å². The Labute approximate surface area is 50.7 Å². The molecule has 0 saturated carbocycles. The number of hydrogen-bond donors (Lipinski definition) is 4. The second-order valence-corrected chi connectivity index (χ2v) is 1.47. The Hall–Kier alpha value is -1.59. The van der Waals surface area contributed by atoms with E-state index in [0.29, 0.717) is 0 Å². The third-order valence-electron chi connectivity index (χ3n) is 0.830. The highest BCUT2D eigenvalue weighted by Crippen LogP contribution is 1.98. The molecule has 0 amide bonds. The predicted molar refractivity (Wildman–Crippen MR) is 31.8 cm³/mol. The van der Waals surface area contributed by atoms with Crippen LogP contribution >= 0.6 is 0 Å². The summed E-state index contributed by atoms with van der Waals surface area (Å²) in [6.45, 7) is 0. The number of anilines is 1. The van der Waals surface area contributed by atoms with Crippen LogP contribution in [0.2, 0.25) is 0 Å². The van der Waals surface area contributed by atoms with E-state index in [-0.39, 0.29) is 17.3 Å². The zero-order valence-corrected chi connectivity index (χ0v) is 4.55. The van der Waals surface area contributed by atoms with Gasteiger partial charge in [-0.2, -0.15) is 10.3 Å². The van der Waals surface area contributed by atoms with Gasteiger partial charge < -0.3 is 11.5 Å². The fraction of sp³-hybridized carbons (Fsp3) is 0. The maximum Gasteiger partial charge on any atom is 0.177 e. The molecule has 0 aliphatic carbocycles. The van der Waals surface area contributed by atoms with Crippen molar-refractivity contribution in [2.24, 2.45) is 5.73 Å². The summed E-state index contributed by atoms with van der Waals surface area (Å²) in [5, 5.41) is 16.1. The van der Waals surface area contributed by atoms with Gasteiger partial charge in [0.2, 0.25) is 0 Å². The van der Waals surface area contributed by atoms with Crippen molar-refractivity contribution >= 4 is 11.7 Å². The van der Waals surface area contributed by atoms with Crippen LogP contribution in [-0.2, 0) is 0 Å². The molecule has 0 atom stereocenters. The van der Waals surface area contributed by atoms with Gasteiger partial charge in [0.25, 0.3) is 0 Å². The molecule has 0 radical (unpaired) electrons. The molecular formula is C3H6N6. The van der Waals surface area contributed by atoms with E-state index < -0.39 is 0 Å². The van der Waals surface area contributed by atoms with Crippen molar-refractivity contribution in [3.63, 3.8) is 0 Å². The summed E-state index contributed by atoms with van der Waals surface area (Å²) >= 11 is 0. The van der Waals surface area contributed by atoms with Crippen molar-refractivity contribution in [1.29, 1.82) is 5.41 Å². The number of nitrogens with one attached hydrogen (secondary N) is 2. The van der Waals surface area contributed by atoms with E-state index in [0.717, 1.165) is 0 Å². The molecule has 1 aromatic rings. The lowest BCUT2D eigenvalue weighted by Crippen LogP contribution is -2.13. The molecule has 0 saturated heterocycles. The van der Waals surface area contributed by atoms with Gasteiger partial charge in [0.15, 0.2) is 11.5 Å². The molecule has 1 rings (SSSR count). The van der Waals surface area contributed by atoms with Gasteiger partial charge in [-0.05, 0) is 0 Å². The number of nitrogens with zero attached hydrogens (tertiary/aromatic N) is 2. The minimum atomic E-state index is -0.179. The SMILES string of the molecule is N=C(N)c1n[nH]nc1N. The molecule has 0 bridgehead atoms. The average molecular weight is 126 g/mol. The average Bonchev–Trinajstić information content (AvgIpc) is 2.13. The number of H-pyrrole nitrogens is 1. The summed E-state index contributed by atoms with van der Waals surface area (Å²) in [5.41, 5.74) is 10.5. The quantitative estimate of drug-likeness (QED) is 0.275. The molecule has 0 unspecified atom stereocenters. The zero-order chi connectivity index (χ0) is 6.85. The molecule has 0 spiro atoms. The highest BCUT2D eigenvalue weighted by Gasteiger charge is 2.04. The van der Waals surface area contributed by atoms with Gasteiger partial charge >= 0.3 is 0 Å². The summed E-state index contributed by atoms with van der Waals surface area (Å²) in [5.74, 6) is -0.0243. The number of nitrogens with two attached hydrogens (primary N) is 2. The van der Waals surface area contributed by atoms with Crippen LogP contribution in [0.3, 0.4) is 0 Å². The number of nitrogen functional groups attached to an aromatic ring is 2. The third-order valence-corrected chi connectivity index (χ3v) is 0.830. The molecule has 9 heavy (non-hydrogen) atoms. The normalized spacial score (nSPS) is 9.33. The van der Waals surface area contributed by atoms with Crippen molar-refractivity contribution in [2.45, 2.75) is 0 Å². The summed E-state index contributed by atoms with van der Waals surface area (Å²) < 4.78 is 0. The number of aromatic amines is 1. The molecule has 0 fully saturated rings. The van der Waals surface area contributed by atoms with E-state index in [1.54, 1.807) is 0 Å². The largest absolute Gasteiger partial charge is 0.382 e. The van der Waals surface area contributed by atoms with Crippen LogP contribution in [-0.4, -0.2) is 21.2 Å². The van der Waals surface area contributed by atoms with Crippen LogP contribution in [0.15, 0.2) is 0 Å². The Balaban J connectivity index is 3.08. The first-order valence-corrected chi connectivity index (χ1v) is 2.22. The van der Waals surface area contributed by atoms with E-state index in [1.165, 1.54) is 0 Å². The molecule has 0 aliphatic rings. The molecule has 6 heteroatoms. The smallest absolute Gasteiger partial charge is 0.177 e. The van der Waals surface area contributed by atoms with Gasteiger partial charge in [-0.1, -0.05) is 0 Å². The van der Waals surface area contributed by atoms with Crippen LogP contribution < -0.4 is 11.5 Å². The third kappa shape index (κ3) is 0.809. The number of rotatable bonds is 1. The van der Waals surface area contributed by atoms with Gasteiger partial charge in [0.05, 0.1) is 0 Å². The van der Waals surface area contributed by atoms with Crippen molar-refractivity contribution in [2.75, 3.05) is 5.73 Å². The van der Waals surface area contributed by atoms with Gasteiger partial charge in [0, 0.05) is 0 Å². The predicted octanol–water partition coefficient (Wildman–Crippen LogP) is -1.33. The standard InChI is InChI=1S/C3H6N6/c4-2(5)1-3(6)8-9-7-1/h(H3,4,5)(H3,6,7,8,9). The molecule has 6 N–H and O–H groups in total. The van der Waals surface area contributed by atoms with Crippen molar-refractivity contribution in [3.05, 3.63) is 5.69 Å². The summed E-state index contributed by atoms with van der Waals surface area (Å²) in [4.78, 5) is 0. The first-order valence-electron chi connectivity index (χ1n) is 2.22. The fourth-order valence-electron chi connectivity index (χ4n) is 0.437. The van der Waals surface area contributed by atoms with Crippen LogP contribution in [0.25, 0.3) is 0 Å². The molecule has 48 valence electrons. The lowest BCUT2D eigenvalue weighted by Gasteiger charge is -1.87. The topological polar surface area (TPSA) is 117 Å². The Bertz CT molecular complexity index is 224. The van der Waals surface area contributed by atoms with E-state index in [1.807, 2.05) is 0 Å². The van der Waals surface area contributed by atoms with Crippen molar-refractivity contribution in [3.8, 4) is 0 Å². The monoisotopic (exact) mass is 126 g/mol. The first kappa shape index (κ1) is 5.54. The van der Waals surface area contributed by atoms with E-state index in [9.17, 15) is 0 Å². The van der Waals surface area contributed by atoms with E-state index >= 15 is 0 Å². The second-order valence-electron chi connectivity index (χ2n) is 1.47. The van der Waals surface area contributed by atoms with Crippen LogP contribution in [0.1, 0.15) is 5.69 Å². The van der Waals surface area contributed by atoms with Crippen molar-refractivity contribution < 1.29 is 0 Å². The summed E-state index contributed by atoms with van der Waals surface area (Å²) in [7, 11) is 0. The molecule has 0 aliphatic heterocycles. The van der Waals surface area contributed by atoms with E-state index in [4.69, 9.17) is 16.9 Å². The Morgan fingerprint density at radius 3 is 2.44 bits per heavy atom. The minimum Gasteiger partial charge on any atom is -0.382 e. The molecule has 0 aromatic carbocycles.